The van der Waals surface area contributed by atoms with Crippen molar-refractivity contribution in [1.82, 2.24) is 9.97 Å². The van der Waals surface area contributed by atoms with E-state index < -0.39 is 26.0 Å². The van der Waals surface area contributed by atoms with Gasteiger partial charge in [-0.3, -0.25) is 4.72 Å². The molecule has 3 aromatic rings. The number of hydrogen-bond acceptors (Lipinski definition) is 7. The van der Waals surface area contributed by atoms with Crippen LogP contribution in [0.3, 0.4) is 0 Å². The Labute approximate surface area is 179 Å². The molecule has 0 bridgehead atoms. The van der Waals surface area contributed by atoms with Gasteiger partial charge in [-0.15, -0.1) is 0 Å². The summed E-state index contributed by atoms with van der Waals surface area (Å²) >= 11 is 0. The molecule has 0 atom stereocenters. The molecule has 1 aromatic heterocycles. The number of rotatable bonds is 7. The molecule has 0 saturated heterocycles. The zero-order valence-corrected chi connectivity index (χ0v) is 18.0. The number of aryl methyl sites for hydroxylation is 2. The molecule has 0 radical (unpaired) electrons. The van der Waals surface area contributed by atoms with Crippen LogP contribution in [0.25, 0.3) is 0 Å². The normalized spacial score (nSPS) is 11.7. The van der Waals surface area contributed by atoms with Crippen molar-refractivity contribution in [3.63, 3.8) is 0 Å². The van der Waals surface area contributed by atoms with Gasteiger partial charge in [0.2, 0.25) is 5.95 Å². The summed E-state index contributed by atoms with van der Waals surface area (Å²) in [7, 11) is -7.97. The number of hydrogen-bond donors (Lipinski definition) is 3. The van der Waals surface area contributed by atoms with E-state index in [9.17, 15) is 21.6 Å². The fourth-order valence-corrected chi connectivity index (χ4v) is 4.65. The molecule has 0 fully saturated rings. The number of aromatic carboxylic acids is 1. The van der Waals surface area contributed by atoms with E-state index in [1.807, 2.05) is 0 Å². The summed E-state index contributed by atoms with van der Waals surface area (Å²) < 4.78 is 54.6. The number of anilines is 2. The average Bonchev–Trinajstić information content (AvgIpc) is 2.67. The van der Waals surface area contributed by atoms with Gasteiger partial charge in [-0.05, 0) is 68.4 Å². The molecule has 12 heteroatoms. The molecule has 31 heavy (non-hydrogen) atoms. The average molecular weight is 463 g/mol. The molecule has 3 rings (SSSR count). The smallest absolute Gasteiger partial charge is 0.335 e. The first-order valence-electron chi connectivity index (χ1n) is 8.78. The Bertz CT molecular complexity index is 1320. The summed E-state index contributed by atoms with van der Waals surface area (Å²) in [6.07, 6.45) is 0. The number of sulfonamides is 2. The first kappa shape index (κ1) is 22.2. The van der Waals surface area contributed by atoms with E-state index in [2.05, 4.69) is 19.4 Å². The molecule has 0 aliphatic carbocycles. The highest BCUT2D eigenvalue weighted by Crippen LogP contribution is 2.20. The Kier molecular flexibility index (Phi) is 5.95. The summed E-state index contributed by atoms with van der Waals surface area (Å²) in [6.45, 7) is 3.42. The van der Waals surface area contributed by atoms with Gasteiger partial charge in [-0.1, -0.05) is 0 Å². The van der Waals surface area contributed by atoms with Gasteiger partial charge in [-0.2, -0.15) is 0 Å². The molecule has 10 nitrogen and oxygen atoms in total. The minimum Gasteiger partial charge on any atom is -0.478 e. The maximum Gasteiger partial charge on any atom is 0.335 e. The quantitative estimate of drug-likeness (QED) is 0.483. The summed E-state index contributed by atoms with van der Waals surface area (Å²) in [5.74, 6) is -1.24. The van der Waals surface area contributed by atoms with Crippen molar-refractivity contribution in [2.24, 2.45) is 0 Å². The number of carbonyl (C=O) groups is 1. The second kappa shape index (κ2) is 8.32. The minimum absolute atomic E-state index is 0.0474. The number of carboxylic acids is 1. The van der Waals surface area contributed by atoms with Crippen LogP contribution in [0.4, 0.5) is 11.6 Å². The molecule has 2 aromatic carbocycles. The molecular weight excluding hydrogens is 444 g/mol. The lowest BCUT2D eigenvalue weighted by molar-refractivity contribution is 0.0696. The number of nitrogens with one attached hydrogen (secondary N) is 2. The fraction of sp³-hybridized carbons (Fsp3) is 0.105. The fourth-order valence-electron chi connectivity index (χ4n) is 2.64. The van der Waals surface area contributed by atoms with Crippen LogP contribution in [-0.4, -0.2) is 37.9 Å². The SMILES string of the molecule is Cc1cc(C)nc(NS(=O)(=O)c2ccc(NS(=O)(=O)c3ccc(C(=O)O)cc3)cc2)n1. The summed E-state index contributed by atoms with van der Waals surface area (Å²) in [6, 6.07) is 11.4. The first-order valence-corrected chi connectivity index (χ1v) is 11.7. The first-order chi connectivity index (χ1) is 14.5. The Morgan fingerprint density at radius 3 is 1.71 bits per heavy atom. The van der Waals surface area contributed by atoms with E-state index in [0.29, 0.717) is 11.4 Å². The summed E-state index contributed by atoms with van der Waals surface area (Å²) in [5.41, 5.74) is 1.29. The third-order valence-electron chi connectivity index (χ3n) is 4.04. The van der Waals surface area contributed by atoms with Crippen molar-refractivity contribution < 1.29 is 26.7 Å². The second-order valence-corrected chi connectivity index (χ2v) is 9.90. The maximum absolute atomic E-state index is 12.6. The second-order valence-electron chi connectivity index (χ2n) is 6.54. The Hall–Kier alpha value is -3.51. The van der Waals surface area contributed by atoms with Crippen molar-refractivity contribution >= 4 is 37.7 Å². The van der Waals surface area contributed by atoms with Gasteiger partial charge >= 0.3 is 5.97 Å². The topological polar surface area (TPSA) is 155 Å². The van der Waals surface area contributed by atoms with Crippen LogP contribution in [0, 0.1) is 13.8 Å². The highest BCUT2D eigenvalue weighted by molar-refractivity contribution is 7.93. The lowest BCUT2D eigenvalue weighted by atomic mass is 10.2. The van der Waals surface area contributed by atoms with Crippen molar-refractivity contribution in [3.05, 3.63) is 71.5 Å². The van der Waals surface area contributed by atoms with E-state index in [1.165, 1.54) is 48.5 Å². The van der Waals surface area contributed by atoms with Gasteiger partial charge in [0.25, 0.3) is 20.0 Å². The van der Waals surface area contributed by atoms with Gasteiger partial charge in [0, 0.05) is 17.1 Å². The van der Waals surface area contributed by atoms with E-state index in [0.717, 1.165) is 0 Å². The Morgan fingerprint density at radius 1 is 0.774 bits per heavy atom. The minimum atomic E-state index is -3.99. The highest BCUT2D eigenvalue weighted by Gasteiger charge is 2.18. The van der Waals surface area contributed by atoms with Crippen molar-refractivity contribution in [3.8, 4) is 0 Å². The van der Waals surface area contributed by atoms with E-state index in [-0.39, 0.29) is 27.0 Å². The van der Waals surface area contributed by atoms with Crippen LogP contribution in [-0.2, 0) is 20.0 Å². The molecule has 162 valence electrons. The number of nitrogens with zero attached hydrogens (tertiary/aromatic N) is 2. The predicted octanol–water partition coefficient (Wildman–Crippen LogP) is 2.39. The van der Waals surface area contributed by atoms with Crippen LogP contribution in [0.5, 0.6) is 0 Å². The van der Waals surface area contributed by atoms with Crippen LogP contribution < -0.4 is 9.44 Å². The Balaban J connectivity index is 1.78. The molecule has 0 amide bonds. The highest BCUT2D eigenvalue weighted by atomic mass is 32.2. The lowest BCUT2D eigenvalue weighted by Gasteiger charge is -2.10. The van der Waals surface area contributed by atoms with Gasteiger partial charge in [-0.25, -0.2) is 36.3 Å². The number of benzene rings is 2. The standard InChI is InChI=1S/C19H18N4O6S2/c1-12-11-13(2)21-19(20-12)23-31(28,29)17-9-5-15(6-10-17)22-30(26,27)16-7-3-14(4-8-16)18(24)25/h3-11,22H,1-2H3,(H,24,25)(H,20,21,23). The number of carboxylic acid groups (broad SMARTS) is 1. The van der Waals surface area contributed by atoms with Crippen molar-refractivity contribution in [1.29, 1.82) is 0 Å². The molecule has 0 unspecified atom stereocenters. The molecule has 3 N–H and O–H groups in total. The van der Waals surface area contributed by atoms with Crippen molar-refractivity contribution in [2.75, 3.05) is 9.44 Å². The lowest BCUT2D eigenvalue weighted by Crippen LogP contribution is -2.16. The zero-order valence-electron chi connectivity index (χ0n) is 16.4. The van der Waals surface area contributed by atoms with Crippen LogP contribution in [0.1, 0.15) is 21.7 Å². The number of aromatic nitrogens is 2. The predicted molar refractivity (Wildman–Crippen MR) is 113 cm³/mol. The van der Waals surface area contributed by atoms with Gasteiger partial charge < -0.3 is 5.11 Å². The third-order valence-corrected chi connectivity index (χ3v) is 6.78. The van der Waals surface area contributed by atoms with Crippen LogP contribution in [0.15, 0.2) is 64.4 Å². The third kappa shape index (κ3) is 5.35. The Morgan fingerprint density at radius 2 is 1.23 bits per heavy atom. The van der Waals surface area contributed by atoms with Crippen LogP contribution >= 0.6 is 0 Å². The molecule has 0 aliphatic heterocycles. The molecule has 0 spiro atoms. The van der Waals surface area contributed by atoms with Crippen LogP contribution in [0.2, 0.25) is 0 Å². The van der Waals surface area contributed by atoms with Crippen molar-refractivity contribution in [2.45, 2.75) is 23.6 Å². The largest absolute Gasteiger partial charge is 0.478 e. The zero-order chi connectivity index (χ0) is 22.8. The van der Waals surface area contributed by atoms with E-state index in [4.69, 9.17) is 5.11 Å². The molecule has 0 saturated carbocycles. The van der Waals surface area contributed by atoms with E-state index in [1.54, 1.807) is 19.9 Å². The van der Waals surface area contributed by atoms with Gasteiger partial charge in [0.15, 0.2) is 0 Å². The molecule has 0 aliphatic rings. The van der Waals surface area contributed by atoms with Gasteiger partial charge in [0.1, 0.15) is 0 Å². The van der Waals surface area contributed by atoms with Gasteiger partial charge in [0.05, 0.1) is 15.4 Å². The maximum atomic E-state index is 12.6. The molecular formula is C19H18N4O6S2. The summed E-state index contributed by atoms with van der Waals surface area (Å²) in [5, 5.41) is 8.90. The summed E-state index contributed by atoms with van der Waals surface area (Å²) in [4.78, 5) is 18.7. The molecule has 1 heterocycles. The monoisotopic (exact) mass is 462 g/mol. The van der Waals surface area contributed by atoms with E-state index >= 15 is 0 Å².